The summed E-state index contributed by atoms with van der Waals surface area (Å²) in [4.78, 5) is 0. The summed E-state index contributed by atoms with van der Waals surface area (Å²) in [7, 11) is 0. The molecule has 1 unspecified atom stereocenters. The minimum Gasteiger partial charge on any atom is -0.506 e. The van der Waals surface area contributed by atoms with Crippen LogP contribution in [0.4, 0.5) is 5.69 Å². The van der Waals surface area contributed by atoms with Crippen LogP contribution in [0.3, 0.4) is 0 Å². The Morgan fingerprint density at radius 3 is 2.19 bits per heavy atom. The largest absolute Gasteiger partial charge is 0.506 e. The molecule has 2 aromatic rings. The molecule has 3 heteroatoms. The van der Waals surface area contributed by atoms with Crippen LogP contribution >= 0.6 is 11.6 Å². The topological polar surface area (TPSA) is 32.3 Å². The van der Waals surface area contributed by atoms with Crippen LogP contribution in [-0.2, 0) is 5.41 Å². The van der Waals surface area contributed by atoms with Crippen molar-refractivity contribution >= 4 is 17.3 Å². The summed E-state index contributed by atoms with van der Waals surface area (Å²) in [5.74, 6) is 0.101. The zero-order valence-electron chi connectivity index (χ0n) is 12.9. The van der Waals surface area contributed by atoms with Gasteiger partial charge in [-0.05, 0) is 41.7 Å². The van der Waals surface area contributed by atoms with E-state index in [1.165, 1.54) is 11.1 Å². The third-order valence-corrected chi connectivity index (χ3v) is 3.91. The van der Waals surface area contributed by atoms with E-state index in [2.05, 4.69) is 57.3 Å². The lowest BCUT2D eigenvalue weighted by Gasteiger charge is -2.21. The second-order valence-corrected chi connectivity index (χ2v) is 6.81. The zero-order valence-corrected chi connectivity index (χ0v) is 13.7. The van der Waals surface area contributed by atoms with Gasteiger partial charge in [0.05, 0.1) is 5.02 Å². The Labute approximate surface area is 131 Å². The predicted molar refractivity (Wildman–Crippen MR) is 90.3 cm³/mol. The predicted octanol–water partition coefficient (Wildman–Crippen LogP) is 5.52. The number of phenolic OH excluding ortho intramolecular Hbond substituents is 1. The van der Waals surface area contributed by atoms with Crippen LogP contribution in [0.2, 0.25) is 5.02 Å². The summed E-state index contributed by atoms with van der Waals surface area (Å²) >= 11 is 5.92. The van der Waals surface area contributed by atoms with Crippen molar-refractivity contribution in [2.45, 2.75) is 39.2 Å². The maximum Gasteiger partial charge on any atom is 0.134 e. The van der Waals surface area contributed by atoms with Crippen LogP contribution < -0.4 is 5.32 Å². The van der Waals surface area contributed by atoms with E-state index in [4.69, 9.17) is 11.6 Å². The molecule has 0 aliphatic heterocycles. The summed E-state index contributed by atoms with van der Waals surface area (Å²) < 4.78 is 0. The second kappa shape index (κ2) is 5.98. The molecule has 0 radical (unpaired) electrons. The molecule has 0 spiro atoms. The van der Waals surface area contributed by atoms with Crippen molar-refractivity contribution in [2.75, 3.05) is 5.32 Å². The van der Waals surface area contributed by atoms with Gasteiger partial charge < -0.3 is 10.4 Å². The number of aromatic hydroxyl groups is 1. The van der Waals surface area contributed by atoms with Crippen molar-refractivity contribution in [1.82, 2.24) is 0 Å². The molecule has 2 N–H and O–H groups in total. The van der Waals surface area contributed by atoms with E-state index in [0.29, 0.717) is 5.02 Å². The molecule has 21 heavy (non-hydrogen) atoms. The number of phenols is 1. The lowest BCUT2D eigenvalue weighted by molar-refractivity contribution is 0.475. The minimum atomic E-state index is 0.101. The van der Waals surface area contributed by atoms with E-state index in [9.17, 15) is 5.11 Å². The van der Waals surface area contributed by atoms with Crippen LogP contribution in [-0.4, -0.2) is 5.11 Å². The summed E-state index contributed by atoms with van der Waals surface area (Å²) in [5, 5.41) is 13.2. The Kier molecular flexibility index (Phi) is 4.48. The van der Waals surface area contributed by atoms with Crippen LogP contribution in [0.1, 0.15) is 44.9 Å². The lowest BCUT2D eigenvalue weighted by atomic mass is 9.86. The molecule has 0 amide bonds. The summed E-state index contributed by atoms with van der Waals surface area (Å²) in [6.45, 7) is 8.74. The quantitative estimate of drug-likeness (QED) is 0.732. The first-order valence-corrected chi connectivity index (χ1v) is 7.50. The van der Waals surface area contributed by atoms with E-state index in [1.807, 2.05) is 6.07 Å². The molecule has 0 aliphatic rings. The molecule has 0 heterocycles. The number of nitrogens with one attached hydrogen (secondary N) is 1. The Morgan fingerprint density at radius 2 is 1.67 bits per heavy atom. The Bertz CT molecular complexity index is 614. The molecule has 0 saturated heterocycles. The third-order valence-electron chi connectivity index (χ3n) is 3.61. The minimum absolute atomic E-state index is 0.101. The molecule has 2 nitrogen and oxygen atoms in total. The van der Waals surface area contributed by atoms with Crippen molar-refractivity contribution < 1.29 is 5.11 Å². The van der Waals surface area contributed by atoms with Crippen LogP contribution in [0, 0.1) is 0 Å². The first-order chi connectivity index (χ1) is 9.77. The van der Waals surface area contributed by atoms with E-state index in [0.717, 1.165) is 5.69 Å². The highest BCUT2D eigenvalue weighted by Gasteiger charge is 2.14. The van der Waals surface area contributed by atoms with Crippen molar-refractivity contribution in [1.29, 1.82) is 0 Å². The highest BCUT2D eigenvalue weighted by Crippen LogP contribution is 2.29. The maximum atomic E-state index is 9.44. The van der Waals surface area contributed by atoms with Gasteiger partial charge >= 0.3 is 0 Å². The number of rotatable bonds is 3. The normalized spacial score (nSPS) is 13.0. The highest BCUT2D eigenvalue weighted by molar-refractivity contribution is 6.32. The first-order valence-electron chi connectivity index (χ1n) is 7.13. The molecular formula is C18H22ClNO. The molecule has 2 rings (SSSR count). The van der Waals surface area contributed by atoms with Gasteiger partial charge in [0.1, 0.15) is 5.75 Å². The number of anilines is 1. The summed E-state index contributed by atoms with van der Waals surface area (Å²) in [6.07, 6.45) is 0. The molecular weight excluding hydrogens is 282 g/mol. The van der Waals surface area contributed by atoms with Gasteiger partial charge in [-0.15, -0.1) is 0 Å². The van der Waals surface area contributed by atoms with Gasteiger partial charge in [0.25, 0.3) is 0 Å². The molecule has 1 atom stereocenters. The average molecular weight is 304 g/mol. The zero-order chi connectivity index (χ0) is 15.6. The molecule has 0 saturated carbocycles. The molecule has 2 aromatic carbocycles. The highest BCUT2D eigenvalue weighted by atomic mass is 35.5. The molecule has 0 bridgehead atoms. The van der Waals surface area contributed by atoms with Crippen LogP contribution in [0.15, 0.2) is 42.5 Å². The Morgan fingerprint density at radius 1 is 1.05 bits per heavy atom. The second-order valence-electron chi connectivity index (χ2n) is 6.40. The van der Waals surface area contributed by atoms with Gasteiger partial charge in [0.15, 0.2) is 0 Å². The van der Waals surface area contributed by atoms with Gasteiger partial charge in [-0.25, -0.2) is 0 Å². The monoisotopic (exact) mass is 303 g/mol. The van der Waals surface area contributed by atoms with Gasteiger partial charge in [-0.3, -0.25) is 0 Å². The van der Waals surface area contributed by atoms with Gasteiger partial charge in [-0.1, -0.05) is 56.6 Å². The van der Waals surface area contributed by atoms with Gasteiger partial charge in [0.2, 0.25) is 0 Å². The van der Waals surface area contributed by atoms with Crippen molar-refractivity contribution in [3.05, 3.63) is 58.6 Å². The molecule has 0 fully saturated rings. The maximum absolute atomic E-state index is 9.44. The Hall–Kier alpha value is -1.67. The fourth-order valence-corrected chi connectivity index (χ4v) is 2.38. The first kappa shape index (κ1) is 15.7. The fraction of sp³-hybridized carbons (Fsp3) is 0.333. The average Bonchev–Trinajstić information content (AvgIpc) is 2.42. The number of hydrogen-bond acceptors (Lipinski definition) is 2. The van der Waals surface area contributed by atoms with Crippen LogP contribution in [0.25, 0.3) is 0 Å². The van der Waals surface area contributed by atoms with E-state index < -0.39 is 0 Å². The number of halogens is 1. The summed E-state index contributed by atoms with van der Waals surface area (Å²) in [6, 6.07) is 14.0. The van der Waals surface area contributed by atoms with Crippen molar-refractivity contribution in [3.63, 3.8) is 0 Å². The van der Waals surface area contributed by atoms with E-state index in [-0.39, 0.29) is 17.2 Å². The van der Waals surface area contributed by atoms with Crippen molar-refractivity contribution in [2.24, 2.45) is 0 Å². The smallest absolute Gasteiger partial charge is 0.134 e. The van der Waals surface area contributed by atoms with Crippen molar-refractivity contribution in [3.8, 4) is 5.75 Å². The van der Waals surface area contributed by atoms with E-state index >= 15 is 0 Å². The Balaban J connectivity index is 2.13. The number of hydrogen-bond donors (Lipinski definition) is 2. The van der Waals surface area contributed by atoms with Crippen LogP contribution in [0.5, 0.6) is 5.75 Å². The summed E-state index contributed by atoms with van der Waals surface area (Å²) in [5.41, 5.74) is 3.60. The number of benzene rings is 2. The third kappa shape index (κ3) is 3.92. The van der Waals surface area contributed by atoms with E-state index in [1.54, 1.807) is 12.1 Å². The molecule has 112 valence electrons. The van der Waals surface area contributed by atoms with Gasteiger partial charge in [0, 0.05) is 11.7 Å². The molecule has 0 aliphatic carbocycles. The fourth-order valence-electron chi connectivity index (χ4n) is 2.20. The molecule has 0 aromatic heterocycles. The lowest BCUT2D eigenvalue weighted by Crippen LogP contribution is -2.12. The standard InChI is InChI=1S/C18H22ClNO/c1-12(20-15-9-10-17(21)16(19)11-15)13-5-7-14(8-6-13)18(2,3)4/h5-12,20-21H,1-4H3. The van der Waals surface area contributed by atoms with Gasteiger partial charge in [-0.2, -0.15) is 0 Å². The SMILES string of the molecule is CC(Nc1ccc(O)c(Cl)c1)c1ccc(C(C)(C)C)cc1.